The van der Waals surface area contributed by atoms with Crippen LogP contribution in [0.1, 0.15) is 24.1 Å². The summed E-state index contributed by atoms with van der Waals surface area (Å²) in [6.07, 6.45) is 4.24. The quantitative estimate of drug-likeness (QED) is 0.326. The summed E-state index contributed by atoms with van der Waals surface area (Å²) in [6.45, 7) is 3.98. The Hall–Kier alpha value is -4.63. The van der Waals surface area contributed by atoms with E-state index in [0.29, 0.717) is 44.0 Å². The molecule has 3 amide bonds. The Balaban J connectivity index is 1.33. The van der Waals surface area contributed by atoms with Crippen molar-refractivity contribution >= 4 is 23.6 Å². The van der Waals surface area contributed by atoms with E-state index >= 15 is 0 Å². The molecule has 0 saturated carbocycles. The van der Waals surface area contributed by atoms with Crippen molar-refractivity contribution in [3.8, 4) is 17.0 Å². The molecule has 9 nitrogen and oxygen atoms in total. The van der Waals surface area contributed by atoms with Crippen LogP contribution in [-0.4, -0.2) is 57.5 Å². The molecule has 4 heterocycles. The average molecular weight is 535 g/mol. The van der Waals surface area contributed by atoms with E-state index in [-0.39, 0.29) is 11.9 Å². The highest BCUT2D eigenvalue weighted by molar-refractivity contribution is 6.30. The topological polar surface area (TPSA) is 91.8 Å². The number of rotatable bonds is 6. The van der Waals surface area contributed by atoms with Crippen LogP contribution in [0.25, 0.3) is 11.1 Å². The zero-order valence-corrected chi connectivity index (χ0v) is 22.5. The fourth-order valence-electron chi connectivity index (χ4n) is 5.58. The lowest BCUT2D eigenvalue weighted by Gasteiger charge is -2.41. The highest BCUT2D eigenvalue weighted by Gasteiger charge is 2.60. The molecule has 9 heteroatoms. The third-order valence-electron chi connectivity index (χ3n) is 7.85. The molecular weight excluding hydrogens is 504 g/mol. The maximum atomic E-state index is 14.3. The number of carbonyl (C=O) groups is 2. The average Bonchev–Trinajstić information content (AvgIpc) is 3.21. The van der Waals surface area contributed by atoms with Gasteiger partial charge >= 0.3 is 6.03 Å². The minimum absolute atomic E-state index is 0.162. The van der Waals surface area contributed by atoms with Gasteiger partial charge in [0.1, 0.15) is 5.54 Å². The van der Waals surface area contributed by atoms with Crippen LogP contribution >= 0.6 is 0 Å². The molecule has 4 aromatic rings. The van der Waals surface area contributed by atoms with Crippen molar-refractivity contribution in [2.75, 3.05) is 30.0 Å². The molecule has 1 spiro atoms. The largest absolute Gasteiger partial charge is 0.481 e. The smallest absolute Gasteiger partial charge is 0.339 e. The number of likely N-dealkylation sites (tertiary alicyclic amines) is 1. The number of benzene rings is 2. The molecule has 2 fully saturated rings. The molecule has 2 aliphatic rings. The first-order chi connectivity index (χ1) is 19.5. The van der Waals surface area contributed by atoms with E-state index in [1.54, 1.807) is 18.5 Å². The molecule has 0 N–H and O–H groups in total. The van der Waals surface area contributed by atoms with Gasteiger partial charge < -0.3 is 4.74 Å². The molecule has 0 atom stereocenters. The summed E-state index contributed by atoms with van der Waals surface area (Å²) in [5.74, 6) is 0.231. The molecule has 2 aliphatic heterocycles. The molecule has 202 valence electrons. The van der Waals surface area contributed by atoms with Crippen LogP contribution in [0, 0.1) is 6.92 Å². The Kier molecular flexibility index (Phi) is 6.73. The fraction of sp³-hybridized carbons (Fsp3) is 0.258. The molecule has 0 unspecified atom stereocenters. The van der Waals surface area contributed by atoms with E-state index in [1.807, 2.05) is 60.7 Å². The first-order valence-corrected chi connectivity index (χ1v) is 13.3. The Morgan fingerprint density at radius 2 is 1.57 bits per heavy atom. The number of hydrogen-bond acceptors (Lipinski definition) is 7. The van der Waals surface area contributed by atoms with E-state index in [0.717, 1.165) is 22.4 Å². The monoisotopic (exact) mass is 534 g/mol. The van der Waals surface area contributed by atoms with Gasteiger partial charge in [-0.05, 0) is 54.7 Å². The number of hydrogen-bond donors (Lipinski definition) is 0. The number of amides is 3. The van der Waals surface area contributed by atoms with Gasteiger partial charge in [0.15, 0.2) is 0 Å². The second-order valence-electron chi connectivity index (χ2n) is 10.1. The lowest BCUT2D eigenvalue weighted by molar-refractivity contribution is -0.123. The van der Waals surface area contributed by atoms with Gasteiger partial charge in [0.25, 0.3) is 5.91 Å². The van der Waals surface area contributed by atoms with Crippen LogP contribution in [0.2, 0.25) is 0 Å². The van der Waals surface area contributed by atoms with Crippen molar-refractivity contribution in [1.29, 1.82) is 0 Å². The molecule has 0 aliphatic carbocycles. The summed E-state index contributed by atoms with van der Waals surface area (Å²) in [5.41, 5.74) is 3.63. The molecule has 2 saturated heterocycles. The number of nitrogens with zero attached hydrogens (tertiary/aromatic N) is 6. The van der Waals surface area contributed by atoms with Gasteiger partial charge in [0, 0.05) is 38.1 Å². The van der Waals surface area contributed by atoms with Crippen LogP contribution in [0.5, 0.6) is 5.88 Å². The summed E-state index contributed by atoms with van der Waals surface area (Å²) >= 11 is 0. The van der Waals surface area contributed by atoms with Crippen molar-refractivity contribution in [1.82, 2.24) is 19.9 Å². The van der Waals surface area contributed by atoms with E-state index < -0.39 is 11.6 Å². The number of aryl methyl sites for hydroxylation is 1. The van der Waals surface area contributed by atoms with Crippen LogP contribution in [0.3, 0.4) is 0 Å². The Bertz CT molecular complexity index is 1530. The molecule has 2 aromatic carbocycles. The van der Waals surface area contributed by atoms with Crippen molar-refractivity contribution in [2.24, 2.45) is 0 Å². The highest BCUT2D eigenvalue weighted by Crippen LogP contribution is 2.42. The van der Waals surface area contributed by atoms with E-state index in [9.17, 15) is 9.59 Å². The normalized spacial score (nSPS) is 17.1. The maximum absolute atomic E-state index is 14.3. The van der Waals surface area contributed by atoms with Crippen LogP contribution in [-0.2, 0) is 11.3 Å². The molecule has 40 heavy (non-hydrogen) atoms. The standard InChI is InChI=1S/C31H30N6O3/c1-22-7-6-17-32-26(22)21-35-19-15-31(16-20-35)28(38)36(30(39)37(31)29-33-18-14-27(34-29)40-2)25-12-10-24(11-13-25)23-8-4-3-5-9-23/h3-14,17-18H,15-16,19-21H2,1-2H3. The van der Waals surface area contributed by atoms with Gasteiger partial charge in [-0.2, -0.15) is 4.98 Å². The summed E-state index contributed by atoms with van der Waals surface area (Å²) < 4.78 is 5.31. The molecule has 2 aromatic heterocycles. The zero-order chi connectivity index (χ0) is 27.7. The Morgan fingerprint density at radius 3 is 2.27 bits per heavy atom. The number of carbonyl (C=O) groups excluding carboxylic acids is 2. The molecule has 0 bridgehead atoms. The second kappa shape index (κ2) is 10.5. The van der Waals surface area contributed by atoms with E-state index in [1.165, 1.54) is 16.9 Å². The van der Waals surface area contributed by atoms with Crippen molar-refractivity contribution in [3.05, 3.63) is 96.4 Å². The van der Waals surface area contributed by atoms with Gasteiger partial charge in [-0.1, -0.05) is 48.5 Å². The number of piperidine rings is 1. The van der Waals surface area contributed by atoms with Crippen LogP contribution < -0.4 is 14.5 Å². The summed E-state index contributed by atoms with van der Waals surface area (Å²) in [5, 5.41) is 0. The Morgan fingerprint density at radius 1 is 0.850 bits per heavy atom. The number of anilines is 2. The van der Waals surface area contributed by atoms with E-state index in [2.05, 4.69) is 32.8 Å². The molecule has 6 rings (SSSR count). The van der Waals surface area contributed by atoms with Gasteiger partial charge in [-0.3, -0.25) is 14.7 Å². The predicted octanol–water partition coefficient (Wildman–Crippen LogP) is 4.86. The van der Waals surface area contributed by atoms with Gasteiger partial charge in [-0.25, -0.2) is 19.6 Å². The number of pyridine rings is 1. The first kappa shape index (κ1) is 25.6. The predicted molar refractivity (Wildman–Crippen MR) is 152 cm³/mol. The number of methoxy groups -OCH3 is 1. The lowest BCUT2D eigenvalue weighted by Crippen LogP contribution is -2.57. The molecule has 0 radical (unpaired) electrons. The summed E-state index contributed by atoms with van der Waals surface area (Å²) in [4.78, 5) is 46.7. The minimum Gasteiger partial charge on any atom is -0.481 e. The van der Waals surface area contributed by atoms with Crippen molar-refractivity contribution in [3.63, 3.8) is 0 Å². The van der Waals surface area contributed by atoms with Crippen molar-refractivity contribution < 1.29 is 14.3 Å². The molecular formula is C31H30N6O3. The third kappa shape index (κ3) is 4.48. The number of ether oxygens (including phenoxy) is 1. The third-order valence-corrected chi connectivity index (χ3v) is 7.85. The first-order valence-electron chi connectivity index (χ1n) is 13.3. The van der Waals surface area contributed by atoms with Gasteiger partial charge in [0.05, 0.1) is 18.5 Å². The summed E-state index contributed by atoms with van der Waals surface area (Å²) in [7, 11) is 1.51. The second-order valence-corrected chi connectivity index (χ2v) is 10.1. The van der Waals surface area contributed by atoms with Crippen LogP contribution in [0.4, 0.5) is 16.4 Å². The minimum atomic E-state index is -1.10. The van der Waals surface area contributed by atoms with Gasteiger partial charge in [-0.15, -0.1) is 0 Å². The highest BCUT2D eigenvalue weighted by atomic mass is 16.5. The Labute approximate surface area is 233 Å². The van der Waals surface area contributed by atoms with E-state index in [4.69, 9.17) is 4.74 Å². The van der Waals surface area contributed by atoms with Gasteiger partial charge in [0.2, 0.25) is 11.8 Å². The fourth-order valence-corrected chi connectivity index (χ4v) is 5.58. The summed E-state index contributed by atoms with van der Waals surface area (Å²) in [6, 6.07) is 22.6. The number of imide groups is 1. The lowest BCUT2D eigenvalue weighted by atomic mass is 9.85. The number of urea groups is 1. The van der Waals surface area contributed by atoms with Crippen molar-refractivity contribution in [2.45, 2.75) is 31.8 Å². The number of aromatic nitrogens is 3. The van der Waals surface area contributed by atoms with Crippen LogP contribution in [0.15, 0.2) is 85.2 Å². The SMILES string of the molecule is COc1ccnc(N2C(=O)N(c3ccc(-c4ccccc4)cc3)C(=O)C23CCN(Cc2ncccc2C)CC3)n1. The maximum Gasteiger partial charge on any atom is 0.339 e. The zero-order valence-electron chi connectivity index (χ0n) is 22.5.